The Morgan fingerprint density at radius 2 is 2.08 bits per heavy atom. The van der Waals surface area contributed by atoms with Crippen LogP contribution in [0.1, 0.15) is 80.2 Å². The van der Waals surface area contributed by atoms with Crippen molar-refractivity contribution in [2.75, 3.05) is 13.1 Å². The summed E-state index contributed by atoms with van der Waals surface area (Å²) in [7, 11) is 0. The highest BCUT2D eigenvalue weighted by molar-refractivity contribution is 5.83. The lowest BCUT2D eigenvalue weighted by molar-refractivity contribution is -0.133. The summed E-state index contributed by atoms with van der Waals surface area (Å²) in [5.74, 6) is 3.36. The number of piperidine rings is 1. The first-order valence-corrected chi connectivity index (χ1v) is 9.06. The van der Waals surface area contributed by atoms with Crippen molar-refractivity contribution >= 4 is 5.91 Å². The molecule has 0 aromatic carbocycles. The van der Waals surface area contributed by atoms with Crippen LogP contribution in [0, 0.1) is 13.8 Å². The van der Waals surface area contributed by atoms with Crippen LogP contribution in [0.3, 0.4) is 0 Å². The van der Waals surface area contributed by atoms with E-state index in [0.29, 0.717) is 12.4 Å². The Morgan fingerprint density at radius 1 is 1.32 bits per heavy atom. The van der Waals surface area contributed by atoms with E-state index in [-0.39, 0.29) is 23.7 Å². The summed E-state index contributed by atoms with van der Waals surface area (Å²) in [6.07, 6.45) is 1.94. The lowest BCUT2D eigenvalue weighted by Gasteiger charge is -2.33. The van der Waals surface area contributed by atoms with E-state index in [9.17, 15) is 4.79 Å². The third-order valence-electron chi connectivity index (χ3n) is 4.97. The first-order valence-electron chi connectivity index (χ1n) is 9.06. The second kappa shape index (κ2) is 7.02. The van der Waals surface area contributed by atoms with Crippen molar-refractivity contribution in [3.05, 3.63) is 34.9 Å². The molecule has 1 saturated heterocycles. The van der Waals surface area contributed by atoms with E-state index in [1.54, 1.807) is 0 Å². The average Bonchev–Trinajstić information content (AvgIpc) is 3.20. The first-order chi connectivity index (χ1) is 11.9. The Labute approximate surface area is 148 Å². The highest BCUT2D eigenvalue weighted by atomic mass is 16.5. The van der Waals surface area contributed by atoms with Gasteiger partial charge in [0.25, 0.3) is 0 Å². The monoisotopic (exact) mass is 345 g/mol. The molecule has 136 valence electrons. The van der Waals surface area contributed by atoms with Crippen molar-refractivity contribution in [2.45, 2.75) is 65.2 Å². The molecule has 0 bridgehead atoms. The molecular weight excluding hydrogens is 318 g/mol. The van der Waals surface area contributed by atoms with Gasteiger partial charge in [-0.1, -0.05) is 19.0 Å². The Morgan fingerprint density at radius 3 is 2.68 bits per heavy atom. The molecule has 0 N–H and O–H groups in total. The topological polar surface area (TPSA) is 72.4 Å². The minimum atomic E-state index is -0.201. The largest absolute Gasteiger partial charge is 0.466 e. The van der Waals surface area contributed by atoms with E-state index in [1.165, 1.54) is 0 Å². The van der Waals surface area contributed by atoms with E-state index in [2.05, 4.69) is 10.1 Å². The van der Waals surface area contributed by atoms with E-state index in [4.69, 9.17) is 8.94 Å². The number of carbonyl (C=O) groups is 1. The lowest BCUT2D eigenvalue weighted by atomic mass is 9.94. The van der Waals surface area contributed by atoms with Gasteiger partial charge in [-0.25, -0.2) is 0 Å². The van der Waals surface area contributed by atoms with Gasteiger partial charge in [0.1, 0.15) is 11.5 Å². The summed E-state index contributed by atoms with van der Waals surface area (Å²) in [6, 6.07) is 1.97. The van der Waals surface area contributed by atoms with Gasteiger partial charge in [0.15, 0.2) is 5.82 Å². The molecule has 0 saturated carbocycles. The molecule has 3 rings (SSSR count). The number of rotatable bonds is 4. The zero-order valence-corrected chi connectivity index (χ0v) is 15.7. The number of furan rings is 1. The lowest BCUT2D eigenvalue weighted by Crippen LogP contribution is -2.41. The summed E-state index contributed by atoms with van der Waals surface area (Å²) in [5.41, 5.74) is 0.978. The van der Waals surface area contributed by atoms with Gasteiger partial charge in [-0.2, -0.15) is 4.98 Å². The number of nitrogens with zero attached hydrogens (tertiary/aromatic N) is 3. The van der Waals surface area contributed by atoms with Crippen LogP contribution in [0.2, 0.25) is 0 Å². The van der Waals surface area contributed by atoms with Crippen LogP contribution in [-0.4, -0.2) is 34.0 Å². The molecule has 6 heteroatoms. The van der Waals surface area contributed by atoms with Crippen LogP contribution >= 0.6 is 0 Å². The predicted octanol–water partition coefficient (Wildman–Crippen LogP) is 3.91. The van der Waals surface area contributed by atoms with Gasteiger partial charge in [0.05, 0.1) is 5.92 Å². The summed E-state index contributed by atoms with van der Waals surface area (Å²) >= 11 is 0. The van der Waals surface area contributed by atoms with Crippen molar-refractivity contribution in [1.82, 2.24) is 15.0 Å². The Bertz CT molecular complexity index is 747. The maximum absolute atomic E-state index is 13.0. The van der Waals surface area contributed by atoms with Crippen molar-refractivity contribution in [2.24, 2.45) is 0 Å². The number of hydrogen-bond acceptors (Lipinski definition) is 5. The zero-order chi connectivity index (χ0) is 18.1. The fourth-order valence-electron chi connectivity index (χ4n) is 3.52. The molecule has 1 aliphatic rings. The Kier molecular flexibility index (Phi) is 4.97. The van der Waals surface area contributed by atoms with Gasteiger partial charge in [0.2, 0.25) is 11.8 Å². The van der Waals surface area contributed by atoms with E-state index >= 15 is 0 Å². The molecule has 1 amide bonds. The van der Waals surface area contributed by atoms with Crippen molar-refractivity contribution in [3.63, 3.8) is 0 Å². The van der Waals surface area contributed by atoms with Gasteiger partial charge in [0, 0.05) is 30.5 Å². The smallest absolute Gasteiger partial charge is 0.229 e. The minimum Gasteiger partial charge on any atom is -0.466 e. The molecule has 2 aromatic rings. The van der Waals surface area contributed by atoms with Crippen LogP contribution in [0.25, 0.3) is 0 Å². The fraction of sp³-hybridized carbons (Fsp3) is 0.632. The van der Waals surface area contributed by atoms with Gasteiger partial charge < -0.3 is 13.8 Å². The molecule has 0 aliphatic carbocycles. The standard InChI is InChI=1S/C19H27N3O3/c1-11(2)18-20-17(21-25-18)15-7-6-8-22(10-15)19(23)13(4)16-9-12(3)24-14(16)5/h9,11,13,15H,6-8,10H2,1-5H3/t13-,15+/m1/s1. The number of carbonyl (C=O) groups excluding carboxylic acids is 1. The zero-order valence-electron chi connectivity index (χ0n) is 15.7. The molecule has 2 aromatic heterocycles. The third kappa shape index (κ3) is 3.62. The van der Waals surface area contributed by atoms with Crippen molar-refractivity contribution in [1.29, 1.82) is 0 Å². The van der Waals surface area contributed by atoms with Crippen LogP contribution < -0.4 is 0 Å². The van der Waals surface area contributed by atoms with Crippen LogP contribution in [0.15, 0.2) is 15.0 Å². The molecule has 3 heterocycles. The minimum absolute atomic E-state index is 0.140. The molecule has 0 unspecified atom stereocenters. The quantitative estimate of drug-likeness (QED) is 0.840. The normalized spacial score (nSPS) is 19.4. The number of likely N-dealkylation sites (tertiary alicyclic amines) is 1. The van der Waals surface area contributed by atoms with E-state index in [1.807, 2.05) is 45.6 Å². The maximum Gasteiger partial charge on any atom is 0.229 e. The predicted molar refractivity (Wildman–Crippen MR) is 93.5 cm³/mol. The second-order valence-electron chi connectivity index (χ2n) is 7.36. The molecular formula is C19H27N3O3. The third-order valence-corrected chi connectivity index (χ3v) is 4.97. The molecule has 2 atom stereocenters. The van der Waals surface area contributed by atoms with Gasteiger partial charge in [-0.3, -0.25) is 4.79 Å². The molecule has 25 heavy (non-hydrogen) atoms. The van der Waals surface area contributed by atoms with Gasteiger partial charge in [-0.15, -0.1) is 0 Å². The van der Waals surface area contributed by atoms with Crippen LogP contribution in [-0.2, 0) is 4.79 Å². The van der Waals surface area contributed by atoms with E-state index < -0.39 is 0 Å². The number of aromatic nitrogens is 2. The SMILES string of the molecule is Cc1cc([C@@H](C)C(=O)N2CCC[C@H](c3noc(C(C)C)n3)C2)c(C)o1. The van der Waals surface area contributed by atoms with Crippen LogP contribution in [0.5, 0.6) is 0 Å². The first kappa shape index (κ1) is 17.7. The number of hydrogen-bond donors (Lipinski definition) is 0. The van der Waals surface area contributed by atoms with Crippen molar-refractivity contribution in [3.8, 4) is 0 Å². The Hall–Kier alpha value is -2.11. The molecule has 0 radical (unpaired) electrons. The highest BCUT2D eigenvalue weighted by Gasteiger charge is 2.31. The summed E-state index contributed by atoms with van der Waals surface area (Å²) in [6.45, 7) is 11.3. The summed E-state index contributed by atoms with van der Waals surface area (Å²) in [4.78, 5) is 19.4. The molecule has 0 spiro atoms. The molecule has 1 fully saturated rings. The number of aryl methyl sites for hydroxylation is 2. The van der Waals surface area contributed by atoms with E-state index in [0.717, 1.165) is 42.3 Å². The van der Waals surface area contributed by atoms with Gasteiger partial charge in [-0.05, 0) is 39.7 Å². The second-order valence-corrected chi connectivity index (χ2v) is 7.36. The molecule has 6 nitrogen and oxygen atoms in total. The van der Waals surface area contributed by atoms with Crippen molar-refractivity contribution < 1.29 is 13.7 Å². The maximum atomic E-state index is 13.0. The van der Waals surface area contributed by atoms with Crippen LogP contribution in [0.4, 0.5) is 0 Å². The average molecular weight is 345 g/mol. The Balaban J connectivity index is 1.71. The highest BCUT2D eigenvalue weighted by Crippen LogP contribution is 2.30. The fourth-order valence-corrected chi connectivity index (χ4v) is 3.52. The van der Waals surface area contributed by atoms with Gasteiger partial charge >= 0.3 is 0 Å². The summed E-state index contributed by atoms with van der Waals surface area (Å²) in [5, 5.41) is 4.14. The summed E-state index contributed by atoms with van der Waals surface area (Å²) < 4.78 is 10.9. The molecule has 1 aliphatic heterocycles. The number of amides is 1.